The molecule has 0 aliphatic heterocycles. The standard InChI is InChI=1S/C13H16ClN3S/c1-10-3-5-12(6-4-10)18-8-7-17-9-13(11(2)14)15-16-17/h3-6,9,11H,7-8H2,1-2H3. The smallest absolute Gasteiger partial charge is 0.100 e. The zero-order valence-corrected chi connectivity index (χ0v) is 12.1. The lowest BCUT2D eigenvalue weighted by atomic mass is 10.2. The number of hydrogen-bond acceptors (Lipinski definition) is 3. The van der Waals surface area contributed by atoms with Gasteiger partial charge in [0.15, 0.2) is 0 Å². The molecule has 2 aromatic rings. The Morgan fingerprint density at radius 2 is 2.06 bits per heavy atom. The highest BCUT2D eigenvalue weighted by atomic mass is 35.5. The van der Waals surface area contributed by atoms with Crippen LogP contribution in [0.2, 0.25) is 0 Å². The number of aryl methyl sites for hydroxylation is 2. The Kier molecular flexibility index (Phi) is 4.66. The van der Waals surface area contributed by atoms with Crippen molar-refractivity contribution in [2.24, 2.45) is 0 Å². The Balaban J connectivity index is 1.82. The molecular formula is C13H16ClN3S. The van der Waals surface area contributed by atoms with Gasteiger partial charge in [-0.2, -0.15) is 0 Å². The molecular weight excluding hydrogens is 266 g/mol. The lowest BCUT2D eigenvalue weighted by Crippen LogP contribution is -2.00. The third kappa shape index (κ3) is 3.75. The van der Waals surface area contributed by atoms with Gasteiger partial charge in [-0.25, -0.2) is 0 Å². The van der Waals surface area contributed by atoms with Crippen LogP contribution in [-0.2, 0) is 6.54 Å². The van der Waals surface area contributed by atoms with Crippen LogP contribution >= 0.6 is 23.4 Å². The SMILES string of the molecule is Cc1ccc(SCCn2cc(C(C)Cl)nn2)cc1. The third-order valence-electron chi connectivity index (χ3n) is 2.57. The number of aromatic nitrogens is 3. The normalized spacial score (nSPS) is 12.6. The second-order valence-electron chi connectivity index (χ2n) is 4.18. The fourth-order valence-corrected chi connectivity index (χ4v) is 2.44. The summed E-state index contributed by atoms with van der Waals surface area (Å²) in [7, 11) is 0. The van der Waals surface area contributed by atoms with Gasteiger partial charge in [-0.15, -0.1) is 28.5 Å². The number of thioether (sulfide) groups is 1. The van der Waals surface area contributed by atoms with Crippen LogP contribution in [0.5, 0.6) is 0 Å². The molecule has 0 amide bonds. The van der Waals surface area contributed by atoms with Gasteiger partial charge in [-0.05, 0) is 26.0 Å². The number of alkyl halides is 1. The van der Waals surface area contributed by atoms with Crippen LogP contribution in [0.3, 0.4) is 0 Å². The first-order chi connectivity index (χ1) is 8.65. The Labute approximate surface area is 117 Å². The zero-order valence-electron chi connectivity index (χ0n) is 10.5. The van der Waals surface area contributed by atoms with Crippen molar-refractivity contribution in [2.75, 3.05) is 5.75 Å². The topological polar surface area (TPSA) is 30.7 Å². The number of nitrogens with zero attached hydrogens (tertiary/aromatic N) is 3. The fraction of sp³-hybridized carbons (Fsp3) is 0.385. The summed E-state index contributed by atoms with van der Waals surface area (Å²) in [5, 5.41) is 8.00. The molecule has 1 heterocycles. The predicted octanol–water partition coefficient (Wildman–Crippen LogP) is 3.68. The molecule has 0 radical (unpaired) electrons. The van der Waals surface area contributed by atoms with Gasteiger partial charge in [0, 0.05) is 16.8 Å². The summed E-state index contributed by atoms with van der Waals surface area (Å²) in [6.45, 7) is 4.84. The summed E-state index contributed by atoms with van der Waals surface area (Å²) in [5.74, 6) is 0.975. The van der Waals surface area contributed by atoms with E-state index >= 15 is 0 Å². The number of benzene rings is 1. The van der Waals surface area contributed by atoms with E-state index in [2.05, 4.69) is 41.5 Å². The molecule has 1 aromatic carbocycles. The van der Waals surface area contributed by atoms with Crippen LogP contribution in [0.4, 0.5) is 0 Å². The van der Waals surface area contributed by atoms with Crippen LogP contribution in [0, 0.1) is 6.92 Å². The van der Waals surface area contributed by atoms with Crippen molar-refractivity contribution < 1.29 is 0 Å². The van der Waals surface area contributed by atoms with Crippen molar-refractivity contribution in [3.63, 3.8) is 0 Å². The van der Waals surface area contributed by atoms with Gasteiger partial charge in [0.25, 0.3) is 0 Å². The first-order valence-corrected chi connectivity index (χ1v) is 7.31. The second-order valence-corrected chi connectivity index (χ2v) is 6.01. The molecule has 1 atom stereocenters. The van der Waals surface area contributed by atoms with Gasteiger partial charge in [0.2, 0.25) is 0 Å². The van der Waals surface area contributed by atoms with Gasteiger partial charge in [0.1, 0.15) is 5.69 Å². The highest BCUT2D eigenvalue weighted by Crippen LogP contribution is 2.19. The van der Waals surface area contributed by atoms with Crippen molar-refractivity contribution in [1.29, 1.82) is 0 Å². The van der Waals surface area contributed by atoms with E-state index in [-0.39, 0.29) is 5.38 Å². The van der Waals surface area contributed by atoms with Gasteiger partial charge in [-0.1, -0.05) is 22.9 Å². The van der Waals surface area contributed by atoms with Crippen molar-refractivity contribution in [1.82, 2.24) is 15.0 Å². The van der Waals surface area contributed by atoms with Crippen LogP contribution < -0.4 is 0 Å². The summed E-state index contributed by atoms with van der Waals surface area (Å²) >= 11 is 7.76. The van der Waals surface area contributed by atoms with Crippen LogP contribution in [-0.4, -0.2) is 20.7 Å². The highest BCUT2D eigenvalue weighted by Gasteiger charge is 2.06. The van der Waals surface area contributed by atoms with E-state index in [1.807, 2.05) is 29.6 Å². The maximum absolute atomic E-state index is 5.94. The number of rotatable bonds is 5. The molecule has 3 nitrogen and oxygen atoms in total. The molecule has 0 fully saturated rings. The van der Waals surface area contributed by atoms with Crippen molar-refractivity contribution in [2.45, 2.75) is 30.7 Å². The van der Waals surface area contributed by atoms with Crippen LogP contribution in [0.15, 0.2) is 35.4 Å². The molecule has 0 saturated heterocycles. The van der Waals surface area contributed by atoms with Crippen molar-refractivity contribution in [3.05, 3.63) is 41.7 Å². The minimum Gasteiger partial charge on any atom is -0.251 e. The largest absolute Gasteiger partial charge is 0.251 e. The molecule has 2 rings (SSSR count). The van der Waals surface area contributed by atoms with Gasteiger partial charge in [0.05, 0.1) is 11.9 Å². The number of hydrogen-bond donors (Lipinski definition) is 0. The van der Waals surface area contributed by atoms with E-state index in [0.29, 0.717) is 0 Å². The lowest BCUT2D eigenvalue weighted by Gasteiger charge is -2.02. The van der Waals surface area contributed by atoms with E-state index in [0.717, 1.165) is 18.0 Å². The molecule has 96 valence electrons. The van der Waals surface area contributed by atoms with E-state index < -0.39 is 0 Å². The predicted molar refractivity (Wildman–Crippen MR) is 76.2 cm³/mol. The molecule has 1 unspecified atom stereocenters. The molecule has 5 heteroatoms. The highest BCUT2D eigenvalue weighted by molar-refractivity contribution is 7.99. The lowest BCUT2D eigenvalue weighted by molar-refractivity contribution is 0.632. The minimum atomic E-state index is -0.0801. The Hall–Kier alpha value is -1.00. The second kappa shape index (κ2) is 6.25. The van der Waals surface area contributed by atoms with Crippen LogP contribution in [0.25, 0.3) is 0 Å². The molecule has 1 aromatic heterocycles. The van der Waals surface area contributed by atoms with Crippen molar-refractivity contribution >= 4 is 23.4 Å². The first kappa shape index (κ1) is 13.4. The quantitative estimate of drug-likeness (QED) is 0.619. The maximum atomic E-state index is 5.94. The average molecular weight is 282 g/mol. The molecule has 0 saturated carbocycles. The minimum absolute atomic E-state index is 0.0801. The summed E-state index contributed by atoms with van der Waals surface area (Å²) in [5.41, 5.74) is 2.12. The Morgan fingerprint density at radius 1 is 1.33 bits per heavy atom. The Bertz CT molecular complexity index is 493. The van der Waals surface area contributed by atoms with E-state index in [1.165, 1.54) is 10.5 Å². The van der Waals surface area contributed by atoms with E-state index in [9.17, 15) is 0 Å². The summed E-state index contributed by atoms with van der Waals surface area (Å²) in [4.78, 5) is 1.28. The third-order valence-corrected chi connectivity index (χ3v) is 3.79. The average Bonchev–Trinajstić information content (AvgIpc) is 2.81. The zero-order chi connectivity index (χ0) is 13.0. The van der Waals surface area contributed by atoms with Gasteiger partial charge >= 0.3 is 0 Å². The van der Waals surface area contributed by atoms with E-state index in [4.69, 9.17) is 11.6 Å². The van der Waals surface area contributed by atoms with Crippen molar-refractivity contribution in [3.8, 4) is 0 Å². The molecule has 0 spiro atoms. The molecule has 0 bridgehead atoms. The summed E-state index contributed by atoms with van der Waals surface area (Å²) in [6, 6.07) is 8.55. The Morgan fingerprint density at radius 3 is 2.67 bits per heavy atom. The summed E-state index contributed by atoms with van der Waals surface area (Å²) < 4.78 is 1.84. The first-order valence-electron chi connectivity index (χ1n) is 5.89. The summed E-state index contributed by atoms with van der Waals surface area (Å²) in [6.07, 6.45) is 1.91. The molecule has 0 aliphatic carbocycles. The number of halogens is 1. The van der Waals surface area contributed by atoms with Crippen LogP contribution in [0.1, 0.15) is 23.6 Å². The fourth-order valence-electron chi connectivity index (χ4n) is 1.50. The molecule has 18 heavy (non-hydrogen) atoms. The van der Waals surface area contributed by atoms with Gasteiger partial charge < -0.3 is 0 Å². The van der Waals surface area contributed by atoms with E-state index in [1.54, 1.807) is 0 Å². The maximum Gasteiger partial charge on any atom is 0.100 e. The molecule has 0 aliphatic rings. The monoisotopic (exact) mass is 281 g/mol. The molecule has 0 N–H and O–H groups in total. The van der Waals surface area contributed by atoms with Gasteiger partial charge in [-0.3, -0.25) is 4.68 Å².